The largest absolute Gasteiger partial charge is 0.480 e. The normalized spacial score (nSPS) is 19.3. The van der Waals surface area contributed by atoms with Crippen LogP contribution in [0.5, 0.6) is 0 Å². The van der Waals surface area contributed by atoms with E-state index in [2.05, 4.69) is 0 Å². The molecule has 0 bridgehead atoms. The summed E-state index contributed by atoms with van der Waals surface area (Å²) >= 11 is 6.91. The summed E-state index contributed by atoms with van der Waals surface area (Å²) in [5, 5.41) is 9.78. The van der Waals surface area contributed by atoms with Gasteiger partial charge < -0.3 is 10.0 Å². The molecular weight excluding hydrogens is 326 g/mol. The van der Waals surface area contributed by atoms with E-state index in [0.29, 0.717) is 5.02 Å². The van der Waals surface area contributed by atoms with Gasteiger partial charge in [-0.3, -0.25) is 9.59 Å². The van der Waals surface area contributed by atoms with Gasteiger partial charge >= 0.3 is 5.97 Å². The Hall–Kier alpha value is -1.53. The lowest BCUT2D eigenvalue weighted by Gasteiger charge is -2.24. The van der Waals surface area contributed by atoms with E-state index in [1.54, 1.807) is 24.3 Å². The Morgan fingerprint density at radius 2 is 2.05 bits per heavy atom. The van der Waals surface area contributed by atoms with E-state index in [1.807, 2.05) is 0 Å². The van der Waals surface area contributed by atoms with Crippen LogP contribution in [0.4, 0.5) is 0 Å². The summed E-state index contributed by atoms with van der Waals surface area (Å²) in [5.74, 6) is -1.27. The Labute approximate surface area is 137 Å². The molecule has 0 saturated carbocycles. The van der Waals surface area contributed by atoms with E-state index < -0.39 is 12.0 Å². The van der Waals surface area contributed by atoms with E-state index in [1.165, 1.54) is 11.8 Å². The van der Waals surface area contributed by atoms with Crippen LogP contribution in [-0.2, 0) is 20.8 Å². The van der Waals surface area contributed by atoms with Crippen LogP contribution in [0.1, 0.15) is 18.9 Å². The molecule has 0 radical (unpaired) electrons. The molecule has 1 aliphatic heterocycles. The number of rotatable bonds is 5. The maximum Gasteiger partial charge on any atom is 0.326 e. The number of hydrogen-bond acceptors (Lipinski definition) is 4. The van der Waals surface area contributed by atoms with Crippen molar-refractivity contribution >= 4 is 40.4 Å². The Morgan fingerprint density at radius 3 is 2.59 bits per heavy atom. The number of carbonyl (C=O) groups excluding carboxylic acids is 2. The fourth-order valence-electron chi connectivity index (χ4n) is 2.49. The molecule has 0 aliphatic carbocycles. The number of amides is 1. The quantitative estimate of drug-likeness (QED) is 0.888. The lowest BCUT2D eigenvalue weighted by Crippen LogP contribution is -2.43. The van der Waals surface area contributed by atoms with Crippen molar-refractivity contribution in [1.82, 2.24) is 4.90 Å². The molecular formula is C15H16ClNO4S. The van der Waals surface area contributed by atoms with Crippen LogP contribution >= 0.6 is 23.4 Å². The number of hydrogen-bond donors (Lipinski definition) is 1. The Kier molecular flexibility index (Phi) is 5.47. The van der Waals surface area contributed by atoms with Gasteiger partial charge in [-0.1, -0.05) is 35.5 Å². The van der Waals surface area contributed by atoms with Crippen LogP contribution in [0.15, 0.2) is 24.3 Å². The van der Waals surface area contributed by atoms with E-state index in [-0.39, 0.29) is 35.7 Å². The zero-order valence-electron chi connectivity index (χ0n) is 12.0. The molecule has 0 aromatic heterocycles. The molecule has 1 amide bonds. The summed E-state index contributed by atoms with van der Waals surface area (Å²) in [6.07, 6.45) is 0.421. The molecule has 118 valence electrons. The second-order valence-corrected chi connectivity index (χ2v) is 7.08. The summed E-state index contributed by atoms with van der Waals surface area (Å²) < 4.78 is 0. The third-order valence-electron chi connectivity index (χ3n) is 3.46. The third kappa shape index (κ3) is 4.24. The third-order valence-corrected chi connectivity index (χ3v) is 4.69. The van der Waals surface area contributed by atoms with E-state index >= 15 is 0 Å². The second-order valence-electron chi connectivity index (χ2n) is 5.17. The maximum absolute atomic E-state index is 12.1. The first kappa shape index (κ1) is 16.8. The zero-order chi connectivity index (χ0) is 16.3. The molecule has 1 heterocycles. The van der Waals surface area contributed by atoms with Gasteiger partial charge in [0, 0.05) is 36.6 Å². The number of benzene rings is 1. The number of carboxylic acids is 1. The molecule has 22 heavy (non-hydrogen) atoms. The molecule has 1 aromatic rings. The first-order valence-electron chi connectivity index (χ1n) is 6.80. The molecule has 1 fully saturated rings. The van der Waals surface area contributed by atoms with Crippen LogP contribution in [0, 0.1) is 0 Å². The van der Waals surface area contributed by atoms with Gasteiger partial charge in [0.2, 0.25) is 5.91 Å². The van der Waals surface area contributed by atoms with E-state index in [4.69, 9.17) is 11.6 Å². The lowest BCUT2D eigenvalue weighted by molar-refractivity contribution is -0.148. The number of halogens is 1. The Morgan fingerprint density at radius 1 is 1.41 bits per heavy atom. The van der Waals surface area contributed by atoms with Gasteiger partial charge in [-0.15, -0.1) is 0 Å². The smallest absolute Gasteiger partial charge is 0.326 e. The summed E-state index contributed by atoms with van der Waals surface area (Å²) in [5.41, 5.74) is 0.798. The van der Waals surface area contributed by atoms with Crippen molar-refractivity contribution in [3.8, 4) is 0 Å². The highest BCUT2D eigenvalue weighted by atomic mass is 35.5. The predicted molar refractivity (Wildman–Crippen MR) is 85.0 cm³/mol. The van der Waals surface area contributed by atoms with Gasteiger partial charge in [-0.05, 0) is 17.7 Å². The van der Waals surface area contributed by atoms with Crippen molar-refractivity contribution in [1.29, 1.82) is 0 Å². The highest BCUT2D eigenvalue weighted by Gasteiger charge is 2.38. The molecule has 5 nitrogen and oxygen atoms in total. The maximum atomic E-state index is 12.1. The number of likely N-dealkylation sites (tertiary alicyclic amines) is 1. The molecule has 1 N–H and O–H groups in total. The predicted octanol–water partition coefficient (Wildman–Crippen LogP) is 2.22. The van der Waals surface area contributed by atoms with Gasteiger partial charge in [-0.25, -0.2) is 4.79 Å². The number of carboxylic acid groups (broad SMARTS) is 1. The first-order valence-corrected chi connectivity index (χ1v) is 8.06. The molecule has 0 spiro atoms. The van der Waals surface area contributed by atoms with Crippen LogP contribution in [0.3, 0.4) is 0 Å². The molecule has 1 aromatic carbocycles. The van der Waals surface area contributed by atoms with Crippen molar-refractivity contribution in [2.24, 2.45) is 0 Å². The monoisotopic (exact) mass is 341 g/mol. The second kappa shape index (κ2) is 7.15. The number of thioether (sulfide) groups is 1. The summed E-state index contributed by atoms with van der Waals surface area (Å²) in [6.45, 7) is 1.73. The average molecular weight is 342 g/mol. The van der Waals surface area contributed by atoms with E-state index in [9.17, 15) is 19.5 Å². The van der Waals surface area contributed by atoms with Crippen molar-refractivity contribution in [2.75, 3.05) is 6.54 Å². The summed E-state index contributed by atoms with van der Waals surface area (Å²) in [6, 6.07) is 5.96. The number of carbonyl (C=O) groups is 3. The van der Waals surface area contributed by atoms with Crippen molar-refractivity contribution < 1.29 is 19.5 Å². The van der Waals surface area contributed by atoms with Gasteiger partial charge in [0.05, 0.1) is 0 Å². The Bertz CT molecular complexity index is 590. The van der Waals surface area contributed by atoms with Crippen molar-refractivity contribution in [3.05, 3.63) is 34.9 Å². The van der Waals surface area contributed by atoms with E-state index in [0.717, 1.165) is 17.3 Å². The first-order chi connectivity index (χ1) is 10.4. The lowest BCUT2D eigenvalue weighted by atomic mass is 10.1. The van der Waals surface area contributed by atoms with Crippen LogP contribution in [0.25, 0.3) is 0 Å². The highest BCUT2D eigenvalue weighted by molar-refractivity contribution is 8.14. The fourth-order valence-corrected chi connectivity index (χ4v) is 3.54. The number of aliphatic carboxylic acids is 1. The SMILES string of the molecule is CC(=O)SC1CC(=O)N(C(Cc2ccc(Cl)cc2)C(=O)O)C1. The van der Waals surface area contributed by atoms with Gasteiger partial charge in [0.25, 0.3) is 0 Å². The average Bonchev–Trinajstić information content (AvgIpc) is 2.77. The summed E-state index contributed by atoms with van der Waals surface area (Å²) in [4.78, 5) is 36.1. The molecule has 2 rings (SSSR count). The van der Waals surface area contributed by atoms with Gasteiger partial charge in [0.15, 0.2) is 5.12 Å². The van der Waals surface area contributed by atoms with Crippen LogP contribution < -0.4 is 0 Å². The highest BCUT2D eigenvalue weighted by Crippen LogP contribution is 2.27. The topological polar surface area (TPSA) is 74.7 Å². The van der Waals surface area contributed by atoms with Crippen molar-refractivity contribution in [3.63, 3.8) is 0 Å². The standard InChI is InChI=1S/C15H16ClNO4S/c1-9(18)22-12-7-14(19)17(8-12)13(15(20)21)6-10-2-4-11(16)5-3-10/h2-5,12-13H,6-8H2,1H3,(H,20,21). The molecule has 2 atom stereocenters. The van der Waals surface area contributed by atoms with Crippen molar-refractivity contribution in [2.45, 2.75) is 31.1 Å². The Balaban J connectivity index is 2.11. The molecule has 1 saturated heterocycles. The fraction of sp³-hybridized carbons (Fsp3) is 0.400. The van der Waals surface area contributed by atoms with Gasteiger partial charge in [0.1, 0.15) is 6.04 Å². The van der Waals surface area contributed by atoms with Crippen LogP contribution in [0.2, 0.25) is 5.02 Å². The van der Waals surface area contributed by atoms with Gasteiger partial charge in [-0.2, -0.15) is 0 Å². The number of nitrogens with zero attached hydrogens (tertiary/aromatic N) is 1. The summed E-state index contributed by atoms with van der Waals surface area (Å²) in [7, 11) is 0. The minimum absolute atomic E-state index is 0.0655. The zero-order valence-corrected chi connectivity index (χ0v) is 13.6. The minimum atomic E-state index is -1.04. The molecule has 1 aliphatic rings. The van der Waals surface area contributed by atoms with Crippen LogP contribution in [-0.4, -0.2) is 44.8 Å². The minimum Gasteiger partial charge on any atom is -0.480 e. The molecule has 2 unspecified atom stereocenters. The molecule has 7 heteroatoms.